The van der Waals surface area contributed by atoms with Crippen molar-refractivity contribution in [2.45, 2.75) is 200 Å². The number of phosphoric ester groups is 1. The van der Waals surface area contributed by atoms with Gasteiger partial charge in [-0.1, -0.05) is 154 Å². The van der Waals surface area contributed by atoms with Gasteiger partial charge in [0.05, 0.1) is 13.2 Å². The third kappa shape index (κ3) is 38.2. The second-order valence-corrected chi connectivity index (χ2v) is 14.9. The predicted molar refractivity (Wildman–Crippen MR) is 200 cm³/mol. The SMILES string of the molecule is CCCCCCCC/C=C/CCCCCCCCOC[C@H](COP(=O)([O-])OC)OCCCCCCCC/C=C/CCCCCCCC. The fraction of sp³-hybridized carbons (Fsp3) is 0.900. The number of allylic oxidation sites excluding steroid dienone is 4. The van der Waals surface area contributed by atoms with Gasteiger partial charge >= 0.3 is 0 Å². The Morgan fingerprint density at radius 2 is 0.872 bits per heavy atom. The minimum atomic E-state index is -4.28. The van der Waals surface area contributed by atoms with Crippen LogP contribution in [0.3, 0.4) is 0 Å². The van der Waals surface area contributed by atoms with Gasteiger partial charge < -0.3 is 23.4 Å². The van der Waals surface area contributed by atoms with Crippen molar-refractivity contribution in [2.24, 2.45) is 0 Å². The highest BCUT2D eigenvalue weighted by molar-refractivity contribution is 7.45. The fourth-order valence-corrected chi connectivity index (χ4v) is 6.09. The number of phosphoric acid groups is 1. The first-order chi connectivity index (χ1) is 23.1. The lowest BCUT2D eigenvalue weighted by molar-refractivity contribution is -0.225. The number of unbranched alkanes of at least 4 members (excludes halogenated alkanes) is 24. The van der Waals surface area contributed by atoms with E-state index in [9.17, 15) is 9.46 Å². The lowest BCUT2D eigenvalue weighted by atomic mass is 10.1. The molecule has 0 N–H and O–H groups in total. The molecule has 0 aliphatic rings. The van der Waals surface area contributed by atoms with E-state index in [1.54, 1.807) is 0 Å². The van der Waals surface area contributed by atoms with Crippen molar-refractivity contribution in [2.75, 3.05) is 33.5 Å². The molecule has 0 saturated carbocycles. The van der Waals surface area contributed by atoms with Crippen molar-refractivity contribution in [3.63, 3.8) is 0 Å². The topological polar surface area (TPSA) is 77.1 Å². The summed E-state index contributed by atoms with van der Waals surface area (Å²) in [5, 5.41) is 0. The van der Waals surface area contributed by atoms with E-state index in [2.05, 4.69) is 42.7 Å². The largest absolute Gasteiger partial charge is 0.756 e. The van der Waals surface area contributed by atoms with Crippen molar-refractivity contribution < 1.29 is 28.0 Å². The lowest BCUT2D eigenvalue weighted by Crippen LogP contribution is -2.27. The van der Waals surface area contributed by atoms with E-state index in [4.69, 9.17) is 14.0 Å². The quantitative estimate of drug-likeness (QED) is 0.0364. The van der Waals surface area contributed by atoms with Gasteiger partial charge in [0.2, 0.25) is 0 Å². The van der Waals surface area contributed by atoms with E-state index in [1.807, 2.05) is 0 Å². The van der Waals surface area contributed by atoms with Crippen molar-refractivity contribution in [3.05, 3.63) is 24.3 Å². The molecule has 2 atom stereocenters. The molecule has 0 rings (SSSR count). The second kappa shape index (κ2) is 38.3. The molecule has 47 heavy (non-hydrogen) atoms. The highest BCUT2D eigenvalue weighted by Gasteiger charge is 2.15. The maximum absolute atomic E-state index is 11.7. The number of hydrogen-bond acceptors (Lipinski definition) is 6. The summed E-state index contributed by atoms with van der Waals surface area (Å²) in [6, 6.07) is 0. The average Bonchev–Trinajstić information content (AvgIpc) is 3.07. The molecular weight excluding hydrogens is 607 g/mol. The highest BCUT2D eigenvalue weighted by atomic mass is 31.2. The van der Waals surface area contributed by atoms with Crippen molar-refractivity contribution in [3.8, 4) is 0 Å². The van der Waals surface area contributed by atoms with Crippen LogP contribution >= 0.6 is 7.82 Å². The van der Waals surface area contributed by atoms with Crippen molar-refractivity contribution in [1.82, 2.24) is 0 Å². The van der Waals surface area contributed by atoms with Crippen LogP contribution in [-0.2, 0) is 23.1 Å². The zero-order valence-electron chi connectivity index (χ0n) is 31.4. The van der Waals surface area contributed by atoms with E-state index < -0.39 is 13.9 Å². The maximum atomic E-state index is 11.7. The van der Waals surface area contributed by atoms with Crippen molar-refractivity contribution in [1.29, 1.82) is 0 Å². The normalized spacial score (nSPS) is 14.0. The first kappa shape index (κ1) is 46.5. The Morgan fingerprint density at radius 1 is 0.511 bits per heavy atom. The maximum Gasteiger partial charge on any atom is 0.267 e. The Morgan fingerprint density at radius 3 is 1.28 bits per heavy atom. The minimum Gasteiger partial charge on any atom is -0.756 e. The molecule has 0 aliphatic heterocycles. The number of ether oxygens (including phenoxy) is 2. The van der Waals surface area contributed by atoms with E-state index in [1.165, 1.54) is 154 Å². The molecule has 0 aromatic rings. The van der Waals surface area contributed by atoms with Crippen LogP contribution in [0.15, 0.2) is 24.3 Å². The molecule has 0 amide bonds. The van der Waals surface area contributed by atoms with Crippen LogP contribution in [0.5, 0.6) is 0 Å². The molecule has 0 aromatic carbocycles. The first-order valence-electron chi connectivity index (χ1n) is 20.1. The van der Waals surface area contributed by atoms with Gasteiger partial charge in [-0.2, -0.15) is 0 Å². The lowest BCUT2D eigenvalue weighted by Gasteiger charge is -2.24. The fourth-order valence-electron chi connectivity index (χ4n) is 5.64. The molecule has 7 heteroatoms. The summed E-state index contributed by atoms with van der Waals surface area (Å²) in [5.41, 5.74) is 0. The summed E-state index contributed by atoms with van der Waals surface area (Å²) >= 11 is 0. The highest BCUT2D eigenvalue weighted by Crippen LogP contribution is 2.36. The van der Waals surface area contributed by atoms with E-state index >= 15 is 0 Å². The second-order valence-electron chi connectivity index (χ2n) is 13.4. The Balaban J connectivity index is 3.78. The van der Waals surface area contributed by atoms with Crippen LogP contribution in [0.25, 0.3) is 0 Å². The summed E-state index contributed by atoms with van der Waals surface area (Å²) in [6.45, 7) is 6.05. The Bertz CT molecular complexity index is 713. The van der Waals surface area contributed by atoms with Gasteiger partial charge in [0, 0.05) is 20.3 Å². The predicted octanol–water partition coefficient (Wildman–Crippen LogP) is 12.6. The van der Waals surface area contributed by atoms with Gasteiger partial charge in [-0.25, -0.2) is 0 Å². The van der Waals surface area contributed by atoms with Gasteiger partial charge in [-0.15, -0.1) is 0 Å². The molecule has 0 aliphatic carbocycles. The average molecular weight is 686 g/mol. The van der Waals surface area contributed by atoms with Gasteiger partial charge in [-0.3, -0.25) is 4.57 Å². The summed E-state index contributed by atoms with van der Waals surface area (Å²) in [7, 11) is -3.17. The van der Waals surface area contributed by atoms with Gasteiger partial charge in [0.1, 0.15) is 6.10 Å². The molecular formula is C40H78O6P-. The molecule has 0 spiro atoms. The molecule has 0 saturated heterocycles. The Labute approximate surface area is 292 Å². The molecule has 0 heterocycles. The third-order valence-electron chi connectivity index (χ3n) is 8.76. The van der Waals surface area contributed by atoms with Crippen LogP contribution in [-0.4, -0.2) is 39.6 Å². The monoisotopic (exact) mass is 686 g/mol. The number of hydrogen-bond donors (Lipinski definition) is 0. The Hall–Kier alpha value is -0.490. The molecule has 0 aromatic heterocycles. The van der Waals surface area contributed by atoms with Crippen LogP contribution < -0.4 is 4.89 Å². The molecule has 280 valence electrons. The van der Waals surface area contributed by atoms with Gasteiger partial charge in [0.15, 0.2) is 0 Å². The molecule has 0 radical (unpaired) electrons. The molecule has 0 fully saturated rings. The van der Waals surface area contributed by atoms with Crippen LogP contribution in [0.1, 0.15) is 194 Å². The van der Waals surface area contributed by atoms with Crippen LogP contribution in [0, 0.1) is 0 Å². The molecule has 1 unspecified atom stereocenters. The summed E-state index contributed by atoms with van der Waals surface area (Å²) < 4.78 is 32.9. The van der Waals surface area contributed by atoms with E-state index in [0.29, 0.717) is 19.8 Å². The summed E-state index contributed by atoms with van der Waals surface area (Å²) in [4.78, 5) is 11.7. The van der Waals surface area contributed by atoms with Crippen molar-refractivity contribution >= 4 is 7.82 Å². The molecule has 6 nitrogen and oxygen atoms in total. The summed E-state index contributed by atoms with van der Waals surface area (Å²) in [5.74, 6) is 0. The van der Waals surface area contributed by atoms with Gasteiger partial charge in [0.25, 0.3) is 7.82 Å². The third-order valence-corrected chi connectivity index (χ3v) is 9.67. The van der Waals surface area contributed by atoms with Crippen LogP contribution in [0.4, 0.5) is 0 Å². The molecule has 0 bridgehead atoms. The zero-order chi connectivity index (χ0) is 34.4. The van der Waals surface area contributed by atoms with Gasteiger partial charge in [-0.05, 0) is 64.2 Å². The standard InChI is InChI=1S/C40H79O6P/c1-4-6-8-10-12-14-16-18-20-22-24-26-28-30-32-34-36-44-38-40(39-46-47(41,42)43-3)45-37-35-33-31-29-27-25-23-21-19-17-15-13-11-9-7-5-2/h18-21,40H,4-17,22-39H2,1-3H3,(H,41,42)/p-1/b20-18+,21-19+/t40-/m1/s1. The van der Waals surface area contributed by atoms with Crippen LogP contribution in [0.2, 0.25) is 0 Å². The first-order valence-corrected chi connectivity index (χ1v) is 21.5. The number of rotatable bonds is 39. The van der Waals surface area contributed by atoms with E-state index in [-0.39, 0.29) is 6.61 Å². The Kier molecular flexibility index (Phi) is 37.9. The minimum absolute atomic E-state index is 0.0750. The van der Waals surface area contributed by atoms with E-state index in [0.717, 1.165) is 32.8 Å². The summed E-state index contributed by atoms with van der Waals surface area (Å²) in [6.07, 6.45) is 44.7. The zero-order valence-corrected chi connectivity index (χ0v) is 32.3. The smallest absolute Gasteiger partial charge is 0.267 e.